The highest BCUT2D eigenvalue weighted by atomic mass is 19.1. The highest BCUT2D eigenvalue weighted by Crippen LogP contribution is 2.46. The number of hydrogen-bond donors (Lipinski definition) is 4. The minimum Gasteiger partial charge on any atom is -0.481 e. The smallest absolute Gasteiger partial charge is 0.307 e. The number of methoxy groups -OCH3 is 1. The average molecular weight is 491 g/mol. The molecule has 4 N–H and O–H groups in total. The molecule has 0 aliphatic heterocycles. The van der Waals surface area contributed by atoms with E-state index < -0.39 is 23.5 Å². The molecule has 36 heavy (non-hydrogen) atoms. The number of carboxylic acids is 1. The summed E-state index contributed by atoms with van der Waals surface area (Å²) >= 11 is 0. The third kappa shape index (κ3) is 5.60. The van der Waals surface area contributed by atoms with Gasteiger partial charge in [-0.25, -0.2) is 13.8 Å². The number of hydrogen-bond acceptors (Lipinski definition) is 7. The first-order valence-corrected chi connectivity index (χ1v) is 11.0. The molecule has 0 amide bonds. The summed E-state index contributed by atoms with van der Waals surface area (Å²) in [5.74, 6) is -2.53. The summed E-state index contributed by atoms with van der Waals surface area (Å²) in [4.78, 5) is 19.5. The van der Waals surface area contributed by atoms with Crippen LogP contribution in [0.3, 0.4) is 0 Å². The number of nitrogens with one attached hydrogen (secondary N) is 3. The molecule has 4 rings (SSSR count). The van der Waals surface area contributed by atoms with Gasteiger partial charge in [-0.1, -0.05) is 24.3 Å². The second kappa shape index (κ2) is 10.4. The molecule has 1 fully saturated rings. The largest absolute Gasteiger partial charge is 0.481 e. The van der Waals surface area contributed by atoms with Crippen LogP contribution in [0.5, 0.6) is 0 Å². The number of anilines is 1. The van der Waals surface area contributed by atoms with Crippen molar-refractivity contribution in [1.29, 1.82) is 10.8 Å². The lowest BCUT2D eigenvalue weighted by atomic mass is 9.99. The van der Waals surface area contributed by atoms with Gasteiger partial charge < -0.3 is 20.6 Å². The molecule has 0 bridgehead atoms. The number of allylic oxidation sites excluding steroid dienone is 1. The molecule has 0 spiro atoms. The SMILES string of the molecule is COC(=N)/C=C\C(=N)c1ccc(-c2cc(CNc3cnc(C4C[C@H]4C(=O)O)cn3)c(F)cc2F)cc1. The molecular formula is C26H23F2N5O3. The van der Waals surface area contributed by atoms with Crippen molar-refractivity contribution in [2.45, 2.75) is 18.9 Å². The maximum Gasteiger partial charge on any atom is 0.307 e. The van der Waals surface area contributed by atoms with E-state index in [1.165, 1.54) is 37.7 Å². The fourth-order valence-corrected chi connectivity index (χ4v) is 3.70. The summed E-state index contributed by atoms with van der Waals surface area (Å²) < 4.78 is 33.8. The number of rotatable bonds is 9. The first kappa shape index (κ1) is 24.6. The molecule has 1 aliphatic carbocycles. The Bertz CT molecular complexity index is 1340. The summed E-state index contributed by atoms with van der Waals surface area (Å²) in [6, 6.07) is 8.81. The third-order valence-electron chi connectivity index (χ3n) is 5.88. The van der Waals surface area contributed by atoms with E-state index in [4.69, 9.17) is 20.7 Å². The number of carboxylic acid groups (broad SMARTS) is 1. The Morgan fingerprint density at radius 2 is 1.89 bits per heavy atom. The maximum atomic E-state index is 14.6. The Balaban J connectivity index is 1.45. The van der Waals surface area contributed by atoms with Crippen LogP contribution >= 0.6 is 0 Å². The zero-order valence-electron chi connectivity index (χ0n) is 19.3. The third-order valence-corrected chi connectivity index (χ3v) is 5.88. The highest BCUT2D eigenvalue weighted by Gasteiger charge is 2.45. The predicted molar refractivity (Wildman–Crippen MR) is 130 cm³/mol. The van der Waals surface area contributed by atoms with Crippen LogP contribution in [0.15, 0.2) is 60.9 Å². The van der Waals surface area contributed by atoms with Crippen LogP contribution in [-0.4, -0.2) is 39.8 Å². The van der Waals surface area contributed by atoms with Crippen molar-refractivity contribution in [2.24, 2.45) is 5.92 Å². The Morgan fingerprint density at radius 3 is 2.50 bits per heavy atom. The van der Waals surface area contributed by atoms with Crippen LogP contribution in [0, 0.1) is 28.4 Å². The fourth-order valence-electron chi connectivity index (χ4n) is 3.70. The van der Waals surface area contributed by atoms with E-state index in [0.717, 1.165) is 6.07 Å². The number of aliphatic carboxylic acids is 1. The summed E-state index contributed by atoms with van der Waals surface area (Å²) in [5, 5.41) is 27.5. The lowest BCUT2D eigenvalue weighted by Crippen LogP contribution is -2.06. The van der Waals surface area contributed by atoms with Gasteiger partial charge in [0.25, 0.3) is 0 Å². The van der Waals surface area contributed by atoms with E-state index >= 15 is 0 Å². The van der Waals surface area contributed by atoms with Crippen molar-refractivity contribution in [3.05, 3.63) is 89.4 Å². The van der Waals surface area contributed by atoms with Crippen molar-refractivity contribution in [1.82, 2.24) is 9.97 Å². The van der Waals surface area contributed by atoms with Gasteiger partial charge in [-0.2, -0.15) is 0 Å². The second-order valence-electron chi connectivity index (χ2n) is 8.28. The van der Waals surface area contributed by atoms with Crippen molar-refractivity contribution >= 4 is 23.4 Å². The fraction of sp³-hybridized carbons (Fsp3) is 0.192. The normalized spacial score (nSPS) is 16.5. The Hall–Kier alpha value is -4.47. The van der Waals surface area contributed by atoms with E-state index in [1.54, 1.807) is 24.3 Å². The van der Waals surface area contributed by atoms with Gasteiger partial charge in [0, 0.05) is 35.7 Å². The molecule has 1 aromatic heterocycles. The zero-order chi connectivity index (χ0) is 25.8. The van der Waals surface area contributed by atoms with Crippen LogP contribution in [-0.2, 0) is 16.1 Å². The monoisotopic (exact) mass is 491 g/mol. The molecule has 1 saturated carbocycles. The van der Waals surface area contributed by atoms with E-state index in [-0.39, 0.29) is 35.2 Å². The maximum absolute atomic E-state index is 14.6. The van der Waals surface area contributed by atoms with Gasteiger partial charge in [-0.05, 0) is 29.7 Å². The second-order valence-corrected chi connectivity index (χ2v) is 8.28. The molecule has 3 aromatic rings. The Labute approximate surface area is 205 Å². The van der Waals surface area contributed by atoms with Crippen LogP contribution < -0.4 is 5.32 Å². The first-order valence-electron chi connectivity index (χ1n) is 11.0. The van der Waals surface area contributed by atoms with Gasteiger partial charge in [-0.15, -0.1) is 0 Å². The predicted octanol–water partition coefficient (Wildman–Crippen LogP) is 4.77. The van der Waals surface area contributed by atoms with Gasteiger partial charge >= 0.3 is 5.97 Å². The van der Waals surface area contributed by atoms with Gasteiger partial charge in [0.15, 0.2) is 0 Å². The van der Waals surface area contributed by atoms with Gasteiger partial charge in [0.2, 0.25) is 5.90 Å². The van der Waals surface area contributed by atoms with Crippen molar-refractivity contribution in [3.63, 3.8) is 0 Å². The number of benzene rings is 2. The molecule has 1 unspecified atom stereocenters. The van der Waals surface area contributed by atoms with Crippen LogP contribution in [0.2, 0.25) is 0 Å². The lowest BCUT2D eigenvalue weighted by molar-refractivity contribution is -0.138. The summed E-state index contributed by atoms with van der Waals surface area (Å²) in [6.07, 6.45) is 6.29. The topological polar surface area (TPSA) is 132 Å². The molecule has 0 saturated heterocycles. The van der Waals surface area contributed by atoms with Gasteiger partial charge in [0.05, 0.1) is 36.8 Å². The number of aromatic nitrogens is 2. The lowest BCUT2D eigenvalue weighted by Gasteiger charge is -2.11. The summed E-state index contributed by atoms with van der Waals surface area (Å²) in [7, 11) is 1.36. The Kier molecular flexibility index (Phi) is 7.14. The molecule has 0 radical (unpaired) electrons. The van der Waals surface area contributed by atoms with Crippen molar-refractivity contribution in [2.75, 3.05) is 12.4 Å². The van der Waals surface area contributed by atoms with E-state index in [1.807, 2.05) is 0 Å². The quantitative estimate of drug-likeness (QED) is 0.252. The van der Waals surface area contributed by atoms with Crippen LogP contribution in [0.25, 0.3) is 11.1 Å². The standard InChI is InChI=1S/C26H23F2N5O3/c1-36-24(30)7-6-22(29)15-4-2-14(3-5-15)17-8-16(20(27)10-21(17)28)11-32-25-13-31-23(12-33-25)18-9-19(18)26(34)35/h2-8,10,12-13,18-19,29-30H,9,11H2,1H3,(H,32,33)(H,34,35)/b7-6-,29-22?,30-24?/t18?,19-/m1/s1. The summed E-state index contributed by atoms with van der Waals surface area (Å²) in [5.41, 5.74) is 2.26. The average Bonchev–Trinajstić information content (AvgIpc) is 3.68. The van der Waals surface area contributed by atoms with E-state index in [0.29, 0.717) is 29.1 Å². The molecule has 8 nitrogen and oxygen atoms in total. The number of ether oxygens (including phenoxy) is 1. The molecule has 1 heterocycles. The highest BCUT2D eigenvalue weighted by molar-refractivity contribution is 6.09. The molecule has 2 atom stereocenters. The Morgan fingerprint density at radius 1 is 1.14 bits per heavy atom. The van der Waals surface area contributed by atoms with E-state index in [9.17, 15) is 13.6 Å². The minimum atomic E-state index is -0.847. The minimum absolute atomic E-state index is 0.0350. The van der Waals surface area contributed by atoms with E-state index in [2.05, 4.69) is 15.3 Å². The molecular weight excluding hydrogens is 468 g/mol. The first-order chi connectivity index (χ1) is 17.3. The molecule has 2 aromatic carbocycles. The zero-order valence-corrected chi connectivity index (χ0v) is 19.3. The van der Waals surface area contributed by atoms with Gasteiger partial charge in [0.1, 0.15) is 17.5 Å². The van der Waals surface area contributed by atoms with Crippen molar-refractivity contribution in [3.8, 4) is 11.1 Å². The number of halogens is 2. The molecule has 1 aliphatic rings. The number of nitrogens with zero attached hydrogens (tertiary/aromatic N) is 2. The summed E-state index contributed by atoms with van der Waals surface area (Å²) in [6.45, 7) is 0.0350. The van der Waals surface area contributed by atoms with Crippen molar-refractivity contribution < 1.29 is 23.4 Å². The molecule has 10 heteroatoms. The van der Waals surface area contributed by atoms with Crippen LogP contribution in [0.1, 0.15) is 29.2 Å². The molecule has 184 valence electrons. The van der Waals surface area contributed by atoms with Gasteiger partial charge in [-0.3, -0.25) is 15.2 Å². The van der Waals surface area contributed by atoms with Crippen LogP contribution in [0.4, 0.5) is 14.6 Å². The number of carbonyl (C=O) groups is 1.